The predicted molar refractivity (Wildman–Crippen MR) is 72.1 cm³/mol. The molecule has 1 N–H and O–H groups in total. The van der Waals surface area contributed by atoms with Crippen molar-refractivity contribution in [3.05, 3.63) is 34.9 Å². The third kappa shape index (κ3) is 3.89. The standard InChI is InChI=1S/C13H13BrO5/c1-3-19-13(18)10-5-8(11(15)7(2)14)4-9(6-10)12(16)17/h4-7H,3H2,1-2H3,(H,16,17). The number of rotatable bonds is 5. The minimum Gasteiger partial charge on any atom is -0.478 e. The molecule has 0 amide bonds. The Morgan fingerprint density at radius 2 is 1.74 bits per heavy atom. The summed E-state index contributed by atoms with van der Waals surface area (Å²) in [5.74, 6) is -2.15. The molecule has 0 saturated carbocycles. The summed E-state index contributed by atoms with van der Waals surface area (Å²) in [7, 11) is 0. The maximum Gasteiger partial charge on any atom is 0.338 e. The summed E-state index contributed by atoms with van der Waals surface area (Å²) in [6, 6.07) is 3.77. The van der Waals surface area contributed by atoms with Crippen LogP contribution >= 0.6 is 15.9 Å². The van der Waals surface area contributed by atoms with Crippen molar-refractivity contribution >= 4 is 33.7 Å². The van der Waals surface area contributed by atoms with Crippen molar-refractivity contribution in [3.63, 3.8) is 0 Å². The third-order valence-corrected chi connectivity index (χ3v) is 2.75. The Morgan fingerprint density at radius 1 is 1.21 bits per heavy atom. The monoisotopic (exact) mass is 328 g/mol. The van der Waals surface area contributed by atoms with Crippen LogP contribution in [0.2, 0.25) is 0 Å². The summed E-state index contributed by atoms with van der Waals surface area (Å²) in [6.45, 7) is 3.44. The van der Waals surface area contributed by atoms with E-state index in [4.69, 9.17) is 9.84 Å². The number of carbonyl (C=O) groups is 3. The van der Waals surface area contributed by atoms with Crippen LogP contribution < -0.4 is 0 Å². The molecule has 0 aliphatic rings. The molecule has 1 rings (SSSR count). The second-order valence-corrected chi connectivity index (χ2v) is 5.18. The van der Waals surface area contributed by atoms with E-state index in [1.807, 2.05) is 0 Å². The van der Waals surface area contributed by atoms with Gasteiger partial charge < -0.3 is 9.84 Å². The van der Waals surface area contributed by atoms with Gasteiger partial charge in [-0.25, -0.2) is 9.59 Å². The number of ether oxygens (including phenoxy) is 1. The molecular weight excluding hydrogens is 316 g/mol. The Morgan fingerprint density at radius 3 is 2.21 bits per heavy atom. The molecule has 0 aliphatic heterocycles. The molecule has 0 radical (unpaired) electrons. The fourth-order valence-electron chi connectivity index (χ4n) is 1.46. The number of hydrogen-bond donors (Lipinski definition) is 1. The summed E-state index contributed by atoms with van der Waals surface area (Å²) in [5, 5.41) is 8.99. The Balaban J connectivity index is 3.29. The Labute approximate surface area is 118 Å². The molecule has 0 fully saturated rings. The second kappa shape index (κ2) is 6.47. The molecule has 1 atom stereocenters. The molecule has 0 aliphatic carbocycles. The molecule has 0 heterocycles. The lowest BCUT2D eigenvalue weighted by Gasteiger charge is -2.08. The van der Waals surface area contributed by atoms with Crippen molar-refractivity contribution in [2.24, 2.45) is 0 Å². The number of Topliss-reactive ketones (excluding diaryl/α,β-unsaturated/α-hetero) is 1. The lowest BCUT2D eigenvalue weighted by Crippen LogP contribution is -2.14. The van der Waals surface area contributed by atoms with E-state index in [0.29, 0.717) is 0 Å². The average molecular weight is 329 g/mol. The number of halogens is 1. The smallest absolute Gasteiger partial charge is 0.338 e. The van der Waals surface area contributed by atoms with Gasteiger partial charge in [0, 0.05) is 5.56 Å². The Kier molecular flexibility index (Phi) is 5.23. The quantitative estimate of drug-likeness (QED) is 0.510. The van der Waals surface area contributed by atoms with Gasteiger partial charge in [-0.2, -0.15) is 0 Å². The zero-order chi connectivity index (χ0) is 14.6. The minimum absolute atomic E-state index is 0.0539. The summed E-state index contributed by atoms with van der Waals surface area (Å²) in [4.78, 5) is 34.0. The van der Waals surface area contributed by atoms with Crippen LogP contribution in [-0.4, -0.2) is 34.3 Å². The molecule has 19 heavy (non-hydrogen) atoms. The number of alkyl halides is 1. The van der Waals surface area contributed by atoms with Crippen LogP contribution in [0, 0.1) is 0 Å². The van der Waals surface area contributed by atoms with Crippen LogP contribution in [0.4, 0.5) is 0 Å². The average Bonchev–Trinajstić information content (AvgIpc) is 2.37. The van der Waals surface area contributed by atoms with Crippen molar-refractivity contribution < 1.29 is 24.2 Å². The SMILES string of the molecule is CCOC(=O)c1cc(C(=O)O)cc(C(=O)C(C)Br)c1. The van der Waals surface area contributed by atoms with Crippen molar-refractivity contribution in [1.29, 1.82) is 0 Å². The van der Waals surface area contributed by atoms with Crippen LogP contribution in [0.5, 0.6) is 0 Å². The summed E-state index contributed by atoms with van der Waals surface area (Å²) >= 11 is 3.12. The zero-order valence-electron chi connectivity index (χ0n) is 10.5. The number of benzene rings is 1. The van der Waals surface area contributed by atoms with E-state index in [1.54, 1.807) is 13.8 Å². The molecule has 102 valence electrons. The van der Waals surface area contributed by atoms with Crippen LogP contribution in [0.1, 0.15) is 44.9 Å². The molecule has 0 spiro atoms. The molecule has 1 unspecified atom stereocenters. The molecule has 0 aromatic heterocycles. The number of aromatic carboxylic acids is 1. The Hall–Kier alpha value is -1.69. The van der Waals surface area contributed by atoms with Gasteiger partial charge in [0.25, 0.3) is 0 Å². The maximum absolute atomic E-state index is 11.9. The number of carboxylic acids is 1. The first-order chi connectivity index (χ1) is 8.86. The molecular formula is C13H13BrO5. The van der Waals surface area contributed by atoms with E-state index in [9.17, 15) is 14.4 Å². The second-order valence-electron chi connectivity index (χ2n) is 3.80. The first-order valence-electron chi connectivity index (χ1n) is 5.60. The zero-order valence-corrected chi connectivity index (χ0v) is 12.1. The lowest BCUT2D eigenvalue weighted by atomic mass is 10.0. The molecule has 5 nitrogen and oxygen atoms in total. The van der Waals surface area contributed by atoms with Crippen molar-refractivity contribution in [3.8, 4) is 0 Å². The normalized spacial score (nSPS) is 11.7. The highest BCUT2D eigenvalue weighted by molar-refractivity contribution is 9.10. The molecule has 1 aromatic carbocycles. The minimum atomic E-state index is -1.21. The van der Waals surface area contributed by atoms with Crippen LogP contribution in [-0.2, 0) is 4.74 Å². The molecule has 0 saturated heterocycles. The fourth-order valence-corrected chi connectivity index (χ4v) is 1.72. The van der Waals surface area contributed by atoms with Gasteiger partial charge in [-0.1, -0.05) is 15.9 Å². The van der Waals surface area contributed by atoms with Gasteiger partial charge in [0.1, 0.15) is 0 Å². The number of esters is 1. The van der Waals surface area contributed by atoms with Crippen LogP contribution in [0.15, 0.2) is 18.2 Å². The van der Waals surface area contributed by atoms with Crippen LogP contribution in [0.3, 0.4) is 0 Å². The fraction of sp³-hybridized carbons (Fsp3) is 0.308. The van der Waals surface area contributed by atoms with E-state index >= 15 is 0 Å². The summed E-state index contributed by atoms with van der Waals surface area (Å²) < 4.78 is 4.80. The summed E-state index contributed by atoms with van der Waals surface area (Å²) in [6.07, 6.45) is 0. The molecule has 6 heteroatoms. The summed E-state index contributed by atoms with van der Waals surface area (Å²) in [5.41, 5.74) is 0.0904. The van der Waals surface area contributed by atoms with Crippen molar-refractivity contribution in [1.82, 2.24) is 0 Å². The number of carboxylic acid groups (broad SMARTS) is 1. The van der Waals surface area contributed by atoms with Gasteiger partial charge in [-0.15, -0.1) is 0 Å². The van der Waals surface area contributed by atoms with E-state index in [1.165, 1.54) is 18.2 Å². The largest absolute Gasteiger partial charge is 0.478 e. The van der Waals surface area contributed by atoms with Gasteiger partial charge >= 0.3 is 11.9 Å². The van der Waals surface area contributed by atoms with E-state index in [-0.39, 0.29) is 29.1 Å². The first kappa shape index (κ1) is 15.4. The van der Waals surface area contributed by atoms with Crippen molar-refractivity contribution in [2.45, 2.75) is 18.7 Å². The van der Waals surface area contributed by atoms with Gasteiger partial charge in [0.15, 0.2) is 5.78 Å². The highest BCUT2D eigenvalue weighted by Gasteiger charge is 2.18. The number of carbonyl (C=O) groups excluding carboxylic acids is 2. The van der Waals surface area contributed by atoms with Gasteiger partial charge in [0.05, 0.1) is 22.6 Å². The van der Waals surface area contributed by atoms with E-state index in [2.05, 4.69) is 15.9 Å². The van der Waals surface area contributed by atoms with Gasteiger partial charge in [-0.3, -0.25) is 4.79 Å². The number of hydrogen-bond acceptors (Lipinski definition) is 4. The van der Waals surface area contributed by atoms with Gasteiger partial charge in [-0.05, 0) is 32.0 Å². The topological polar surface area (TPSA) is 80.7 Å². The highest BCUT2D eigenvalue weighted by Crippen LogP contribution is 2.16. The van der Waals surface area contributed by atoms with Crippen molar-refractivity contribution in [2.75, 3.05) is 6.61 Å². The Bertz CT molecular complexity index is 522. The first-order valence-corrected chi connectivity index (χ1v) is 6.52. The predicted octanol–water partition coefficient (Wildman–Crippen LogP) is 2.53. The lowest BCUT2D eigenvalue weighted by molar-refractivity contribution is 0.0526. The maximum atomic E-state index is 11.9. The van der Waals surface area contributed by atoms with E-state index < -0.39 is 16.8 Å². The van der Waals surface area contributed by atoms with Gasteiger partial charge in [0.2, 0.25) is 0 Å². The molecule has 1 aromatic rings. The third-order valence-electron chi connectivity index (χ3n) is 2.34. The number of ketones is 1. The van der Waals surface area contributed by atoms with E-state index in [0.717, 1.165) is 0 Å². The highest BCUT2D eigenvalue weighted by atomic mass is 79.9. The molecule has 0 bridgehead atoms. The van der Waals surface area contributed by atoms with Crippen LogP contribution in [0.25, 0.3) is 0 Å².